The van der Waals surface area contributed by atoms with Crippen molar-refractivity contribution in [1.82, 2.24) is 4.98 Å². The first kappa shape index (κ1) is 19.5. The molecule has 1 aromatic heterocycles. The molecule has 0 spiro atoms. The zero-order valence-corrected chi connectivity index (χ0v) is 17.3. The number of nitrogens with zero attached hydrogens (tertiary/aromatic N) is 2. The smallest absolute Gasteiger partial charge is 0.234 e. The van der Waals surface area contributed by atoms with Gasteiger partial charge in [0.1, 0.15) is 11.5 Å². The van der Waals surface area contributed by atoms with Gasteiger partial charge in [0.2, 0.25) is 5.91 Å². The molecule has 4 rings (SSSR count). The molecule has 3 aromatic rings. The molecule has 0 saturated heterocycles. The van der Waals surface area contributed by atoms with E-state index in [0.717, 1.165) is 34.0 Å². The number of aromatic nitrogens is 1. The Morgan fingerprint density at radius 3 is 2.90 bits per heavy atom. The van der Waals surface area contributed by atoms with Crippen molar-refractivity contribution in [2.24, 2.45) is 4.99 Å². The van der Waals surface area contributed by atoms with Crippen molar-refractivity contribution in [1.29, 1.82) is 0 Å². The highest BCUT2D eigenvalue weighted by atomic mass is 35.5. The van der Waals surface area contributed by atoms with Gasteiger partial charge in [0.15, 0.2) is 0 Å². The van der Waals surface area contributed by atoms with Crippen LogP contribution in [-0.2, 0) is 11.2 Å². The van der Waals surface area contributed by atoms with Crippen LogP contribution in [0.25, 0.3) is 0 Å². The monoisotopic (exact) mass is 423 g/mol. The quantitative estimate of drug-likeness (QED) is 0.563. The zero-order valence-electron chi connectivity index (χ0n) is 15.7. The number of hydrogen-bond acceptors (Lipinski definition) is 5. The van der Waals surface area contributed by atoms with E-state index in [-0.39, 0.29) is 5.91 Å². The van der Waals surface area contributed by atoms with Crippen LogP contribution in [0.3, 0.4) is 0 Å². The summed E-state index contributed by atoms with van der Waals surface area (Å²) in [5.74, 6) is 1.59. The van der Waals surface area contributed by atoms with E-state index in [1.807, 2.05) is 55.5 Å². The number of aliphatic imine (C=N–C) groups is 1. The number of benzene rings is 2. The standard InChI is InChI=1S/C22H18ClN3O2S/c1-14-9-17(28-18-3-2-8-24-12-18)6-7-19(14)25-21(27)13-29-22-10-15-4-5-16(23)11-20(15)26-22/h2-9,11-12H,10,13H2,1H3,(H,25,27). The Balaban J connectivity index is 1.32. The van der Waals surface area contributed by atoms with Crippen LogP contribution < -0.4 is 10.1 Å². The zero-order chi connectivity index (χ0) is 20.2. The summed E-state index contributed by atoms with van der Waals surface area (Å²) < 4.78 is 5.77. The lowest BCUT2D eigenvalue weighted by molar-refractivity contribution is -0.113. The second kappa shape index (κ2) is 8.68. The second-order valence-corrected chi connectivity index (χ2v) is 8.04. The maximum absolute atomic E-state index is 12.4. The highest BCUT2D eigenvalue weighted by molar-refractivity contribution is 8.14. The van der Waals surface area contributed by atoms with Crippen LogP contribution in [-0.4, -0.2) is 21.7 Å². The van der Waals surface area contributed by atoms with Crippen molar-refractivity contribution >= 4 is 45.7 Å². The lowest BCUT2D eigenvalue weighted by Gasteiger charge is -2.11. The van der Waals surface area contributed by atoms with E-state index in [9.17, 15) is 4.79 Å². The maximum Gasteiger partial charge on any atom is 0.234 e. The lowest BCUT2D eigenvalue weighted by atomic mass is 10.2. The molecule has 0 radical (unpaired) electrons. The molecule has 5 nitrogen and oxygen atoms in total. The minimum absolute atomic E-state index is 0.0734. The van der Waals surface area contributed by atoms with E-state index in [0.29, 0.717) is 22.3 Å². The van der Waals surface area contributed by atoms with Crippen molar-refractivity contribution in [2.75, 3.05) is 11.1 Å². The number of nitrogens with one attached hydrogen (secondary N) is 1. The molecule has 0 bridgehead atoms. The predicted octanol–water partition coefficient (Wildman–Crippen LogP) is 5.79. The largest absolute Gasteiger partial charge is 0.456 e. The SMILES string of the molecule is Cc1cc(Oc2cccnc2)ccc1NC(=O)CSC1=Nc2cc(Cl)ccc2C1. The molecule has 29 heavy (non-hydrogen) atoms. The average Bonchev–Trinajstić information content (AvgIpc) is 3.11. The van der Waals surface area contributed by atoms with E-state index in [1.54, 1.807) is 12.4 Å². The third kappa shape index (κ3) is 4.96. The molecule has 2 aromatic carbocycles. The number of amides is 1. The van der Waals surface area contributed by atoms with Gasteiger partial charge >= 0.3 is 0 Å². The van der Waals surface area contributed by atoms with E-state index < -0.39 is 0 Å². The second-order valence-electron chi connectivity index (χ2n) is 6.56. The molecule has 0 unspecified atom stereocenters. The Kier molecular flexibility index (Phi) is 5.83. The maximum atomic E-state index is 12.4. The van der Waals surface area contributed by atoms with E-state index in [2.05, 4.69) is 15.3 Å². The first-order chi connectivity index (χ1) is 14.1. The molecule has 1 aliphatic rings. The van der Waals surface area contributed by atoms with E-state index >= 15 is 0 Å². The number of rotatable bonds is 5. The topological polar surface area (TPSA) is 63.6 Å². The fraction of sp³-hybridized carbons (Fsp3) is 0.136. The Morgan fingerprint density at radius 2 is 2.10 bits per heavy atom. The van der Waals surface area contributed by atoms with Gasteiger partial charge in [0, 0.05) is 23.3 Å². The third-order valence-corrected chi connectivity index (χ3v) is 5.56. The normalized spacial score (nSPS) is 12.3. The van der Waals surface area contributed by atoms with Gasteiger partial charge in [0.25, 0.3) is 0 Å². The van der Waals surface area contributed by atoms with Crippen molar-refractivity contribution in [2.45, 2.75) is 13.3 Å². The van der Waals surface area contributed by atoms with Gasteiger partial charge in [0.05, 0.1) is 22.7 Å². The van der Waals surface area contributed by atoms with Crippen LogP contribution in [0.15, 0.2) is 65.9 Å². The van der Waals surface area contributed by atoms with Crippen molar-refractivity contribution in [3.8, 4) is 11.5 Å². The summed E-state index contributed by atoms with van der Waals surface area (Å²) in [6.45, 7) is 1.93. The highest BCUT2D eigenvalue weighted by Crippen LogP contribution is 2.32. The van der Waals surface area contributed by atoms with Crippen molar-refractivity contribution < 1.29 is 9.53 Å². The summed E-state index contributed by atoms with van der Waals surface area (Å²) >= 11 is 7.46. The molecule has 0 aliphatic carbocycles. The first-order valence-corrected chi connectivity index (χ1v) is 10.4. The summed E-state index contributed by atoms with van der Waals surface area (Å²) in [5, 5.41) is 4.55. The molecule has 0 atom stereocenters. The predicted molar refractivity (Wildman–Crippen MR) is 119 cm³/mol. The summed E-state index contributed by atoms with van der Waals surface area (Å²) in [4.78, 5) is 21.0. The molecule has 2 heterocycles. The Bertz CT molecular complexity index is 1090. The van der Waals surface area contributed by atoms with Crippen LogP contribution in [0.5, 0.6) is 11.5 Å². The number of hydrogen-bond donors (Lipinski definition) is 1. The molecule has 1 N–H and O–H groups in total. The van der Waals surface area contributed by atoms with Crippen LogP contribution in [0.2, 0.25) is 5.02 Å². The van der Waals surface area contributed by atoms with Gasteiger partial charge in [-0.1, -0.05) is 17.7 Å². The third-order valence-electron chi connectivity index (χ3n) is 4.35. The molecule has 1 aliphatic heterocycles. The van der Waals surface area contributed by atoms with Crippen LogP contribution in [0.1, 0.15) is 11.1 Å². The van der Waals surface area contributed by atoms with Crippen LogP contribution in [0.4, 0.5) is 11.4 Å². The summed E-state index contributed by atoms with van der Waals surface area (Å²) in [7, 11) is 0. The van der Waals surface area contributed by atoms with Crippen molar-refractivity contribution in [3.05, 3.63) is 77.1 Å². The number of aryl methyl sites for hydroxylation is 1. The minimum atomic E-state index is -0.0734. The highest BCUT2D eigenvalue weighted by Gasteiger charge is 2.16. The lowest BCUT2D eigenvalue weighted by Crippen LogP contribution is -2.16. The number of ether oxygens (including phenoxy) is 1. The van der Waals surface area contributed by atoms with Crippen LogP contribution >= 0.6 is 23.4 Å². The number of carbonyl (C=O) groups excluding carboxylic acids is 1. The Labute approximate surface area is 178 Å². The molecule has 0 fully saturated rings. The number of anilines is 1. The minimum Gasteiger partial charge on any atom is -0.456 e. The molecule has 0 saturated carbocycles. The fourth-order valence-corrected chi connectivity index (χ4v) is 3.89. The number of carbonyl (C=O) groups is 1. The summed E-state index contributed by atoms with van der Waals surface area (Å²) in [6.07, 6.45) is 4.09. The molecular formula is C22H18ClN3O2S. The number of thioether (sulfide) groups is 1. The van der Waals surface area contributed by atoms with Gasteiger partial charge in [-0.3, -0.25) is 9.78 Å². The number of fused-ring (bicyclic) bond motifs is 1. The van der Waals surface area contributed by atoms with Gasteiger partial charge < -0.3 is 10.1 Å². The fourth-order valence-electron chi connectivity index (χ4n) is 2.93. The molecular weight excluding hydrogens is 406 g/mol. The van der Waals surface area contributed by atoms with Gasteiger partial charge in [-0.25, -0.2) is 4.99 Å². The van der Waals surface area contributed by atoms with Crippen molar-refractivity contribution in [3.63, 3.8) is 0 Å². The summed E-state index contributed by atoms with van der Waals surface area (Å²) in [6, 6.07) is 14.9. The van der Waals surface area contributed by atoms with Gasteiger partial charge in [-0.2, -0.15) is 0 Å². The first-order valence-electron chi connectivity index (χ1n) is 9.04. The molecule has 1 amide bonds. The molecule has 146 valence electrons. The number of halogens is 1. The Morgan fingerprint density at radius 1 is 1.21 bits per heavy atom. The molecule has 7 heteroatoms. The van der Waals surface area contributed by atoms with Crippen LogP contribution in [0, 0.1) is 6.92 Å². The van der Waals surface area contributed by atoms with Gasteiger partial charge in [-0.15, -0.1) is 11.8 Å². The van der Waals surface area contributed by atoms with E-state index in [4.69, 9.17) is 16.3 Å². The Hall–Kier alpha value is -2.83. The van der Waals surface area contributed by atoms with Gasteiger partial charge in [-0.05, 0) is 60.5 Å². The van der Waals surface area contributed by atoms with E-state index in [1.165, 1.54) is 11.8 Å². The summed E-state index contributed by atoms with van der Waals surface area (Å²) in [5.41, 5.74) is 3.71. The number of pyridine rings is 1. The average molecular weight is 424 g/mol.